The van der Waals surface area contributed by atoms with Crippen LogP contribution in [0.25, 0.3) is 11.0 Å². The molecular formula is C19H21N5O. The maximum atomic E-state index is 12.6. The Balaban J connectivity index is 1.38. The molecule has 25 heavy (non-hydrogen) atoms. The summed E-state index contributed by atoms with van der Waals surface area (Å²) in [5.74, 6) is 0.641. The zero-order valence-corrected chi connectivity index (χ0v) is 14.3. The van der Waals surface area contributed by atoms with Gasteiger partial charge in [0.25, 0.3) is 5.91 Å². The number of aromatic amines is 1. The molecule has 0 radical (unpaired) electrons. The normalized spacial score (nSPS) is 15.6. The van der Waals surface area contributed by atoms with Gasteiger partial charge >= 0.3 is 0 Å². The maximum Gasteiger partial charge on any atom is 0.257 e. The van der Waals surface area contributed by atoms with Gasteiger partial charge in [0.15, 0.2) is 0 Å². The van der Waals surface area contributed by atoms with Gasteiger partial charge in [-0.1, -0.05) is 0 Å². The molecule has 0 atom stereocenters. The summed E-state index contributed by atoms with van der Waals surface area (Å²) in [5, 5.41) is 1.16. The van der Waals surface area contributed by atoms with E-state index in [-0.39, 0.29) is 5.91 Å². The Morgan fingerprint density at radius 2 is 2.12 bits per heavy atom. The smallest absolute Gasteiger partial charge is 0.257 e. The minimum Gasteiger partial charge on any atom is -0.346 e. The Hall–Kier alpha value is -2.76. The van der Waals surface area contributed by atoms with Crippen molar-refractivity contribution in [3.8, 4) is 0 Å². The van der Waals surface area contributed by atoms with Crippen molar-refractivity contribution in [2.45, 2.75) is 26.2 Å². The molecule has 0 spiro atoms. The lowest BCUT2D eigenvalue weighted by molar-refractivity contribution is 0.0689. The number of H-pyrrole nitrogens is 1. The van der Waals surface area contributed by atoms with Gasteiger partial charge in [0.1, 0.15) is 12.0 Å². The van der Waals surface area contributed by atoms with Crippen LogP contribution in [0.4, 0.5) is 0 Å². The molecule has 3 aromatic rings. The Bertz CT molecular complexity index is 895. The summed E-state index contributed by atoms with van der Waals surface area (Å²) in [7, 11) is 0. The first-order chi connectivity index (χ1) is 12.2. The monoisotopic (exact) mass is 335 g/mol. The minimum absolute atomic E-state index is 0.0481. The van der Waals surface area contributed by atoms with Crippen LogP contribution >= 0.6 is 0 Å². The molecule has 1 aliphatic heterocycles. The van der Waals surface area contributed by atoms with Gasteiger partial charge in [0.05, 0.1) is 11.3 Å². The predicted octanol–water partition coefficient (Wildman–Crippen LogP) is 2.76. The van der Waals surface area contributed by atoms with Crippen LogP contribution in [0.2, 0.25) is 0 Å². The summed E-state index contributed by atoms with van der Waals surface area (Å²) < 4.78 is 0. The summed E-state index contributed by atoms with van der Waals surface area (Å²) in [4.78, 5) is 30.3. The standard InChI is InChI=1S/C19H21N5O/c1-13-17(11-20-12-23-13)19(25)24-6-3-14(4-7-24)8-15-9-16-2-5-21-18(16)22-10-15/h2,5,9-12,14H,3-4,6-8H2,1H3,(H,21,22). The van der Waals surface area contributed by atoms with Crippen molar-refractivity contribution >= 4 is 16.9 Å². The van der Waals surface area contributed by atoms with E-state index < -0.39 is 0 Å². The highest BCUT2D eigenvalue weighted by Crippen LogP contribution is 2.24. The fourth-order valence-electron chi connectivity index (χ4n) is 3.54. The molecule has 1 fully saturated rings. The fraction of sp³-hybridized carbons (Fsp3) is 0.368. The molecule has 4 rings (SSSR count). The van der Waals surface area contributed by atoms with E-state index in [2.05, 4.69) is 32.1 Å². The highest BCUT2D eigenvalue weighted by Gasteiger charge is 2.25. The number of amides is 1. The first-order valence-corrected chi connectivity index (χ1v) is 8.68. The maximum absolute atomic E-state index is 12.6. The molecule has 0 bridgehead atoms. The van der Waals surface area contributed by atoms with Crippen molar-refractivity contribution < 1.29 is 4.79 Å². The molecule has 1 aliphatic rings. The van der Waals surface area contributed by atoms with E-state index >= 15 is 0 Å². The molecule has 0 aliphatic carbocycles. The van der Waals surface area contributed by atoms with Crippen LogP contribution in [-0.2, 0) is 6.42 Å². The summed E-state index contributed by atoms with van der Waals surface area (Å²) >= 11 is 0. The summed E-state index contributed by atoms with van der Waals surface area (Å²) in [6, 6.07) is 4.26. The van der Waals surface area contributed by atoms with E-state index in [0.29, 0.717) is 11.5 Å². The molecule has 1 saturated heterocycles. The predicted molar refractivity (Wildman–Crippen MR) is 95.2 cm³/mol. The molecule has 1 amide bonds. The van der Waals surface area contributed by atoms with Crippen LogP contribution < -0.4 is 0 Å². The second kappa shape index (κ2) is 6.63. The number of hydrogen-bond donors (Lipinski definition) is 1. The third-order valence-electron chi connectivity index (χ3n) is 5.02. The molecule has 1 N–H and O–H groups in total. The van der Waals surface area contributed by atoms with Crippen molar-refractivity contribution in [1.82, 2.24) is 24.8 Å². The molecule has 6 nitrogen and oxygen atoms in total. The quantitative estimate of drug-likeness (QED) is 0.798. The van der Waals surface area contributed by atoms with Crippen LogP contribution in [0.1, 0.15) is 34.5 Å². The van der Waals surface area contributed by atoms with E-state index in [1.165, 1.54) is 11.9 Å². The second-order valence-corrected chi connectivity index (χ2v) is 6.72. The molecule has 0 saturated carbocycles. The minimum atomic E-state index is 0.0481. The van der Waals surface area contributed by atoms with E-state index in [1.807, 2.05) is 24.2 Å². The molecule has 0 unspecified atom stereocenters. The van der Waals surface area contributed by atoms with Gasteiger partial charge < -0.3 is 9.88 Å². The Labute approximate surface area is 146 Å². The average Bonchev–Trinajstić information content (AvgIpc) is 3.10. The van der Waals surface area contributed by atoms with Crippen molar-refractivity contribution in [3.63, 3.8) is 0 Å². The number of fused-ring (bicyclic) bond motifs is 1. The van der Waals surface area contributed by atoms with Gasteiger partial charge in [-0.25, -0.2) is 15.0 Å². The van der Waals surface area contributed by atoms with Crippen molar-refractivity contribution in [1.29, 1.82) is 0 Å². The first kappa shape index (κ1) is 15.7. The Morgan fingerprint density at radius 1 is 1.28 bits per heavy atom. The number of piperidine rings is 1. The number of carbonyl (C=O) groups excluding carboxylic acids is 1. The first-order valence-electron chi connectivity index (χ1n) is 8.68. The van der Waals surface area contributed by atoms with E-state index in [0.717, 1.165) is 49.1 Å². The molecule has 0 aromatic carbocycles. The molecule has 128 valence electrons. The highest BCUT2D eigenvalue weighted by molar-refractivity contribution is 5.94. The zero-order chi connectivity index (χ0) is 17.2. The van der Waals surface area contributed by atoms with Gasteiger partial charge in [-0.2, -0.15) is 0 Å². The van der Waals surface area contributed by atoms with Crippen LogP contribution in [-0.4, -0.2) is 43.8 Å². The topological polar surface area (TPSA) is 74.8 Å². The molecule has 4 heterocycles. The lowest BCUT2D eigenvalue weighted by Crippen LogP contribution is -2.39. The number of pyridine rings is 1. The Morgan fingerprint density at radius 3 is 2.92 bits per heavy atom. The van der Waals surface area contributed by atoms with Crippen molar-refractivity contribution in [3.05, 3.63) is 53.9 Å². The van der Waals surface area contributed by atoms with Gasteiger partial charge in [0, 0.05) is 37.1 Å². The molecule has 6 heteroatoms. The van der Waals surface area contributed by atoms with Gasteiger partial charge in [0.2, 0.25) is 0 Å². The van der Waals surface area contributed by atoms with E-state index in [9.17, 15) is 4.79 Å². The summed E-state index contributed by atoms with van der Waals surface area (Å²) in [6.45, 7) is 3.43. The number of likely N-dealkylation sites (tertiary alicyclic amines) is 1. The Kier molecular flexibility index (Phi) is 4.17. The SMILES string of the molecule is Cc1ncncc1C(=O)N1CCC(Cc2cnc3[nH]ccc3c2)CC1. The van der Waals surface area contributed by atoms with Gasteiger partial charge in [-0.05, 0) is 49.8 Å². The van der Waals surface area contributed by atoms with Gasteiger partial charge in [-0.15, -0.1) is 0 Å². The molecule has 3 aromatic heterocycles. The van der Waals surface area contributed by atoms with E-state index in [1.54, 1.807) is 6.20 Å². The summed E-state index contributed by atoms with van der Waals surface area (Å²) in [6.07, 6.45) is 10.0. The zero-order valence-electron chi connectivity index (χ0n) is 14.3. The number of nitrogens with one attached hydrogen (secondary N) is 1. The van der Waals surface area contributed by atoms with Gasteiger partial charge in [-0.3, -0.25) is 4.79 Å². The highest BCUT2D eigenvalue weighted by atomic mass is 16.2. The number of carbonyl (C=O) groups is 1. The largest absolute Gasteiger partial charge is 0.346 e. The van der Waals surface area contributed by atoms with Crippen LogP contribution in [0.3, 0.4) is 0 Å². The summed E-state index contributed by atoms with van der Waals surface area (Å²) in [5.41, 5.74) is 3.56. The lowest BCUT2D eigenvalue weighted by Gasteiger charge is -2.32. The number of aryl methyl sites for hydroxylation is 1. The molecular weight excluding hydrogens is 314 g/mol. The average molecular weight is 335 g/mol. The third-order valence-corrected chi connectivity index (χ3v) is 5.02. The van der Waals surface area contributed by atoms with Crippen molar-refractivity contribution in [2.24, 2.45) is 5.92 Å². The fourth-order valence-corrected chi connectivity index (χ4v) is 3.54. The second-order valence-electron chi connectivity index (χ2n) is 6.72. The third kappa shape index (κ3) is 3.24. The van der Waals surface area contributed by atoms with Crippen LogP contribution in [0.5, 0.6) is 0 Å². The number of nitrogens with zero attached hydrogens (tertiary/aromatic N) is 4. The number of aromatic nitrogens is 4. The van der Waals surface area contributed by atoms with E-state index in [4.69, 9.17) is 0 Å². The van der Waals surface area contributed by atoms with Crippen LogP contribution in [0, 0.1) is 12.8 Å². The number of hydrogen-bond acceptors (Lipinski definition) is 4. The lowest BCUT2D eigenvalue weighted by atomic mass is 9.90. The number of rotatable bonds is 3. The van der Waals surface area contributed by atoms with Crippen molar-refractivity contribution in [2.75, 3.05) is 13.1 Å². The van der Waals surface area contributed by atoms with Crippen LogP contribution in [0.15, 0.2) is 37.1 Å².